The standard InChI is InChI=1S/C16H23N3O3/c1-2-22-14-8-4-3-7-13(14)18-15(20)11-19-9-5-6-12(10-19)16(17)21/h3-4,7-8,12H,2,5-6,9-11H2,1H3,(H2,17,21)(H,18,20)/p+1/t12-/m0/s1. The highest BCUT2D eigenvalue weighted by Crippen LogP contribution is 2.23. The van der Waals surface area contributed by atoms with Crippen molar-refractivity contribution in [1.29, 1.82) is 0 Å². The zero-order chi connectivity index (χ0) is 15.9. The fourth-order valence-corrected chi connectivity index (χ4v) is 2.83. The Hall–Kier alpha value is -2.08. The summed E-state index contributed by atoms with van der Waals surface area (Å²) >= 11 is 0. The van der Waals surface area contributed by atoms with Crippen LogP contribution in [0.15, 0.2) is 24.3 Å². The zero-order valence-corrected chi connectivity index (χ0v) is 12.9. The molecule has 1 aromatic carbocycles. The van der Waals surface area contributed by atoms with E-state index >= 15 is 0 Å². The van der Waals surface area contributed by atoms with Gasteiger partial charge in [0.25, 0.3) is 5.91 Å². The lowest BCUT2D eigenvalue weighted by molar-refractivity contribution is -0.899. The molecule has 1 aromatic rings. The van der Waals surface area contributed by atoms with Gasteiger partial charge < -0.3 is 20.7 Å². The summed E-state index contributed by atoms with van der Waals surface area (Å²) in [7, 11) is 0. The maximum absolute atomic E-state index is 12.2. The van der Waals surface area contributed by atoms with Crippen molar-refractivity contribution in [2.24, 2.45) is 11.7 Å². The van der Waals surface area contributed by atoms with Gasteiger partial charge in [-0.15, -0.1) is 0 Å². The molecule has 6 nitrogen and oxygen atoms in total. The number of hydrogen-bond donors (Lipinski definition) is 3. The van der Waals surface area contributed by atoms with Crippen LogP contribution in [0.1, 0.15) is 19.8 Å². The van der Waals surface area contributed by atoms with Gasteiger partial charge in [-0.1, -0.05) is 12.1 Å². The summed E-state index contributed by atoms with van der Waals surface area (Å²) in [6.45, 7) is 4.31. The molecule has 6 heteroatoms. The molecule has 1 aliphatic rings. The van der Waals surface area contributed by atoms with Gasteiger partial charge in [-0.05, 0) is 31.9 Å². The maximum Gasteiger partial charge on any atom is 0.279 e. The number of para-hydroxylation sites is 2. The predicted molar refractivity (Wildman–Crippen MR) is 83.7 cm³/mol. The number of benzene rings is 1. The summed E-state index contributed by atoms with van der Waals surface area (Å²) in [6.07, 6.45) is 1.75. The van der Waals surface area contributed by atoms with Crippen LogP contribution in [0.25, 0.3) is 0 Å². The third-order valence-corrected chi connectivity index (χ3v) is 3.89. The summed E-state index contributed by atoms with van der Waals surface area (Å²) in [5.41, 5.74) is 6.05. The molecule has 1 heterocycles. The van der Waals surface area contributed by atoms with Crippen LogP contribution in [0.5, 0.6) is 5.75 Å². The van der Waals surface area contributed by atoms with Gasteiger partial charge in [0.05, 0.1) is 31.3 Å². The predicted octanol–water partition coefficient (Wildman–Crippen LogP) is -0.196. The number of carbonyl (C=O) groups excluding carboxylic acids is 2. The number of anilines is 1. The quantitative estimate of drug-likeness (QED) is 0.680. The molecule has 0 saturated carbocycles. The van der Waals surface area contributed by atoms with Gasteiger partial charge in [-0.3, -0.25) is 9.59 Å². The molecule has 2 atom stereocenters. The molecule has 0 spiro atoms. The Labute approximate surface area is 130 Å². The van der Waals surface area contributed by atoms with Gasteiger partial charge in [-0.25, -0.2) is 0 Å². The number of rotatable bonds is 6. The van der Waals surface area contributed by atoms with Gasteiger partial charge in [0.15, 0.2) is 6.54 Å². The molecule has 0 bridgehead atoms. The van der Waals surface area contributed by atoms with Crippen molar-refractivity contribution in [3.63, 3.8) is 0 Å². The summed E-state index contributed by atoms with van der Waals surface area (Å²) < 4.78 is 5.49. The second kappa shape index (κ2) is 7.79. The number of nitrogens with two attached hydrogens (primary N) is 1. The van der Waals surface area contributed by atoms with Crippen molar-refractivity contribution >= 4 is 17.5 Å². The molecule has 120 valence electrons. The minimum absolute atomic E-state index is 0.0766. The van der Waals surface area contributed by atoms with Crippen LogP contribution < -0.4 is 20.7 Å². The van der Waals surface area contributed by atoms with Gasteiger partial charge in [0.1, 0.15) is 5.75 Å². The Bertz CT molecular complexity index is 533. The van der Waals surface area contributed by atoms with Crippen molar-refractivity contribution in [2.75, 3.05) is 31.6 Å². The third-order valence-electron chi connectivity index (χ3n) is 3.89. The fraction of sp³-hybridized carbons (Fsp3) is 0.500. The SMILES string of the molecule is CCOc1ccccc1NC(=O)C[NH+]1CCC[C@H](C(N)=O)C1. The molecule has 2 amide bonds. The third kappa shape index (κ3) is 4.46. The Kier molecular flexibility index (Phi) is 5.77. The summed E-state index contributed by atoms with van der Waals surface area (Å²) in [6, 6.07) is 7.37. The number of piperidine rings is 1. The molecule has 2 rings (SSSR count). The van der Waals surface area contributed by atoms with E-state index in [0.29, 0.717) is 31.1 Å². The van der Waals surface area contributed by atoms with Crippen molar-refractivity contribution < 1.29 is 19.2 Å². The Morgan fingerprint density at radius 2 is 2.18 bits per heavy atom. The van der Waals surface area contributed by atoms with Gasteiger partial charge >= 0.3 is 0 Å². The molecule has 1 aliphatic heterocycles. The molecular formula is C16H24N3O3+. The first-order chi connectivity index (χ1) is 10.6. The topological polar surface area (TPSA) is 85.9 Å². The summed E-state index contributed by atoms with van der Waals surface area (Å²) in [5.74, 6) is 0.209. The average molecular weight is 306 g/mol. The molecule has 1 unspecified atom stereocenters. The van der Waals surface area contributed by atoms with Crippen molar-refractivity contribution in [3.05, 3.63) is 24.3 Å². The van der Waals surface area contributed by atoms with E-state index in [9.17, 15) is 9.59 Å². The molecular weight excluding hydrogens is 282 g/mol. The van der Waals surface area contributed by atoms with E-state index in [0.717, 1.165) is 24.3 Å². The molecule has 4 N–H and O–H groups in total. The molecule has 0 aliphatic carbocycles. The number of primary amides is 1. The first kappa shape index (κ1) is 16.3. The lowest BCUT2D eigenvalue weighted by Gasteiger charge is -2.27. The summed E-state index contributed by atoms with van der Waals surface area (Å²) in [5, 5.41) is 2.89. The first-order valence-electron chi connectivity index (χ1n) is 7.74. The van der Waals surface area contributed by atoms with Crippen LogP contribution in [-0.4, -0.2) is 38.1 Å². The maximum atomic E-state index is 12.2. The minimum Gasteiger partial charge on any atom is -0.492 e. The van der Waals surface area contributed by atoms with Crippen LogP contribution >= 0.6 is 0 Å². The number of hydrogen-bond acceptors (Lipinski definition) is 3. The monoisotopic (exact) mass is 306 g/mol. The normalized spacial score (nSPS) is 21.1. The number of nitrogens with one attached hydrogen (secondary N) is 2. The van der Waals surface area contributed by atoms with E-state index in [-0.39, 0.29) is 17.7 Å². The zero-order valence-electron chi connectivity index (χ0n) is 12.9. The lowest BCUT2D eigenvalue weighted by Crippen LogP contribution is -3.14. The van der Waals surface area contributed by atoms with Crippen LogP contribution in [-0.2, 0) is 9.59 Å². The minimum atomic E-state index is -0.265. The van der Waals surface area contributed by atoms with E-state index in [1.165, 1.54) is 0 Å². The van der Waals surface area contributed by atoms with Crippen molar-refractivity contribution in [2.45, 2.75) is 19.8 Å². The number of quaternary nitrogens is 1. The Morgan fingerprint density at radius 3 is 2.91 bits per heavy atom. The smallest absolute Gasteiger partial charge is 0.279 e. The largest absolute Gasteiger partial charge is 0.492 e. The highest BCUT2D eigenvalue weighted by Gasteiger charge is 2.28. The Balaban J connectivity index is 1.91. The first-order valence-corrected chi connectivity index (χ1v) is 7.74. The van der Waals surface area contributed by atoms with E-state index < -0.39 is 0 Å². The average Bonchev–Trinajstić information content (AvgIpc) is 2.49. The molecule has 22 heavy (non-hydrogen) atoms. The summed E-state index contributed by atoms with van der Waals surface area (Å²) in [4.78, 5) is 24.6. The molecule has 1 saturated heterocycles. The van der Waals surface area contributed by atoms with E-state index in [2.05, 4.69) is 5.32 Å². The second-order valence-electron chi connectivity index (χ2n) is 5.60. The molecule has 0 aromatic heterocycles. The number of ether oxygens (including phenoxy) is 1. The van der Waals surface area contributed by atoms with Crippen LogP contribution in [0.4, 0.5) is 5.69 Å². The van der Waals surface area contributed by atoms with Crippen molar-refractivity contribution in [3.8, 4) is 5.75 Å². The molecule has 0 radical (unpaired) electrons. The van der Waals surface area contributed by atoms with Gasteiger partial charge in [-0.2, -0.15) is 0 Å². The van der Waals surface area contributed by atoms with Crippen LogP contribution in [0.3, 0.4) is 0 Å². The highest BCUT2D eigenvalue weighted by molar-refractivity contribution is 5.93. The number of carbonyl (C=O) groups is 2. The van der Waals surface area contributed by atoms with Crippen LogP contribution in [0, 0.1) is 5.92 Å². The van der Waals surface area contributed by atoms with E-state index in [4.69, 9.17) is 10.5 Å². The van der Waals surface area contributed by atoms with Crippen molar-refractivity contribution in [1.82, 2.24) is 0 Å². The van der Waals surface area contributed by atoms with E-state index in [1.807, 2.05) is 31.2 Å². The van der Waals surface area contributed by atoms with Gasteiger partial charge in [0, 0.05) is 0 Å². The highest BCUT2D eigenvalue weighted by atomic mass is 16.5. The van der Waals surface area contributed by atoms with Gasteiger partial charge in [0.2, 0.25) is 5.91 Å². The second-order valence-corrected chi connectivity index (χ2v) is 5.60. The number of amides is 2. The fourth-order valence-electron chi connectivity index (χ4n) is 2.83. The lowest BCUT2D eigenvalue weighted by atomic mass is 9.97. The van der Waals surface area contributed by atoms with E-state index in [1.54, 1.807) is 0 Å². The number of likely N-dealkylation sites (tertiary alicyclic amines) is 1. The Morgan fingerprint density at radius 1 is 1.41 bits per heavy atom. The van der Waals surface area contributed by atoms with Crippen LogP contribution in [0.2, 0.25) is 0 Å². The molecule has 1 fully saturated rings.